The van der Waals surface area contributed by atoms with E-state index in [0.717, 1.165) is 37.1 Å². The average molecular weight is 282 g/mol. The Labute approximate surface area is 118 Å². The van der Waals surface area contributed by atoms with Gasteiger partial charge in [-0.25, -0.2) is 0 Å². The topological polar surface area (TPSA) is 58.4 Å². The van der Waals surface area contributed by atoms with Crippen molar-refractivity contribution in [2.45, 2.75) is 31.8 Å². The summed E-state index contributed by atoms with van der Waals surface area (Å²) in [5, 5.41) is 3.42. The van der Waals surface area contributed by atoms with Gasteiger partial charge in [0, 0.05) is 30.8 Å². The van der Waals surface area contributed by atoms with E-state index in [4.69, 9.17) is 17.3 Å². The zero-order valence-electron chi connectivity index (χ0n) is 11.2. The standard InChI is InChI=1S/C14H20ClN3O/c1-17-14(19)13-4-2-3-7-18(13)12-6-5-11(15)8-10(12)9-16/h5-6,8,13H,2-4,7,9,16H2,1H3,(H,17,19). The van der Waals surface area contributed by atoms with Gasteiger partial charge in [-0.05, 0) is 43.0 Å². The quantitative estimate of drug-likeness (QED) is 0.890. The third-order valence-corrected chi connectivity index (χ3v) is 3.86. The summed E-state index contributed by atoms with van der Waals surface area (Å²) in [7, 11) is 1.68. The van der Waals surface area contributed by atoms with Gasteiger partial charge < -0.3 is 16.0 Å². The Morgan fingerprint density at radius 1 is 1.53 bits per heavy atom. The molecule has 1 saturated heterocycles. The van der Waals surface area contributed by atoms with Crippen LogP contribution in [0.25, 0.3) is 0 Å². The number of piperidine rings is 1. The number of anilines is 1. The van der Waals surface area contributed by atoms with Gasteiger partial charge in [-0.3, -0.25) is 4.79 Å². The molecule has 19 heavy (non-hydrogen) atoms. The normalized spacial score (nSPS) is 19.3. The number of rotatable bonds is 3. The van der Waals surface area contributed by atoms with Crippen LogP contribution in [-0.2, 0) is 11.3 Å². The number of halogens is 1. The van der Waals surface area contributed by atoms with E-state index in [2.05, 4.69) is 10.2 Å². The molecule has 1 atom stereocenters. The SMILES string of the molecule is CNC(=O)C1CCCCN1c1ccc(Cl)cc1CN. The number of hydrogen-bond donors (Lipinski definition) is 2. The highest BCUT2D eigenvalue weighted by Gasteiger charge is 2.29. The second kappa shape index (κ2) is 6.26. The van der Waals surface area contributed by atoms with Crippen LogP contribution < -0.4 is 16.0 Å². The zero-order valence-corrected chi connectivity index (χ0v) is 11.9. The van der Waals surface area contributed by atoms with E-state index < -0.39 is 0 Å². The Balaban J connectivity index is 2.34. The van der Waals surface area contributed by atoms with E-state index >= 15 is 0 Å². The highest BCUT2D eigenvalue weighted by Crippen LogP contribution is 2.29. The second-order valence-corrected chi connectivity index (χ2v) is 5.23. The number of likely N-dealkylation sites (N-methyl/N-ethyl adjacent to an activating group) is 1. The van der Waals surface area contributed by atoms with Gasteiger partial charge in [0.2, 0.25) is 5.91 Å². The molecule has 1 aliphatic heterocycles. The summed E-state index contributed by atoms with van der Waals surface area (Å²) in [5.74, 6) is 0.0672. The first kappa shape index (κ1) is 14.2. The summed E-state index contributed by atoms with van der Waals surface area (Å²) in [6, 6.07) is 5.59. The first-order valence-electron chi connectivity index (χ1n) is 6.64. The van der Waals surface area contributed by atoms with Crippen LogP contribution in [0.2, 0.25) is 5.02 Å². The average Bonchev–Trinajstić information content (AvgIpc) is 2.46. The molecular formula is C14H20ClN3O. The molecule has 0 saturated carbocycles. The van der Waals surface area contributed by atoms with Gasteiger partial charge in [0.1, 0.15) is 6.04 Å². The van der Waals surface area contributed by atoms with Crippen LogP contribution in [-0.4, -0.2) is 25.5 Å². The molecule has 0 radical (unpaired) electrons. The summed E-state index contributed by atoms with van der Waals surface area (Å²) >= 11 is 6.01. The Morgan fingerprint density at radius 3 is 3.00 bits per heavy atom. The van der Waals surface area contributed by atoms with Gasteiger partial charge in [0.05, 0.1) is 0 Å². The molecule has 104 valence electrons. The van der Waals surface area contributed by atoms with E-state index in [1.807, 2.05) is 18.2 Å². The lowest BCUT2D eigenvalue weighted by atomic mass is 9.99. The third-order valence-electron chi connectivity index (χ3n) is 3.62. The minimum absolute atomic E-state index is 0.0672. The molecule has 5 heteroatoms. The van der Waals surface area contributed by atoms with Crippen molar-refractivity contribution < 1.29 is 4.79 Å². The van der Waals surface area contributed by atoms with Crippen LogP contribution in [0.3, 0.4) is 0 Å². The number of nitrogens with one attached hydrogen (secondary N) is 1. The van der Waals surface area contributed by atoms with E-state index in [-0.39, 0.29) is 11.9 Å². The molecule has 1 aromatic rings. The van der Waals surface area contributed by atoms with Crippen molar-refractivity contribution in [2.75, 3.05) is 18.5 Å². The molecule has 3 N–H and O–H groups in total. The van der Waals surface area contributed by atoms with Crippen LogP contribution in [0, 0.1) is 0 Å². The van der Waals surface area contributed by atoms with Crippen LogP contribution in [0.5, 0.6) is 0 Å². The Kier molecular flexibility index (Phi) is 4.66. The van der Waals surface area contributed by atoms with Gasteiger partial charge in [-0.2, -0.15) is 0 Å². The molecule has 0 aromatic heterocycles. The second-order valence-electron chi connectivity index (χ2n) is 4.80. The lowest BCUT2D eigenvalue weighted by Crippen LogP contribution is -2.49. The molecule has 1 amide bonds. The minimum Gasteiger partial charge on any atom is -0.359 e. The van der Waals surface area contributed by atoms with E-state index in [9.17, 15) is 4.79 Å². The van der Waals surface area contributed by atoms with Crippen LogP contribution in [0.1, 0.15) is 24.8 Å². The number of carbonyl (C=O) groups excluding carboxylic acids is 1. The first-order chi connectivity index (χ1) is 9.17. The van der Waals surface area contributed by atoms with Crippen LogP contribution in [0.4, 0.5) is 5.69 Å². The van der Waals surface area contributed by atoms with Crippen LogP contribution >= 0.6 is 11.6 Å². The summed E-state index contributed by atoms with van der Waals surface area (Å²) in [6.07, 6.45) is 3.06. The number of carbonyl (C=O) groups is 1. The molecule has 1 aromatic carbocycles. The smallest absolute Gasteiger partial charge is 0.242 e. The van der Waals surface area contributed by atoms with E-state index in [1.54, 1.807) is 7.05 Å². The van der Waals surface area contributed by atoms with Crippen molar-refractivity contribution in [3.05, 3.63) is 28.8 Å². The van der Waals surface area contributed by atoms with E-state index in [1.165, 1.54) is 0 Å². The van der Waals surface area contributed by atoms with Gasteiger partial charge in [-0.15, -0.1) is 0 Å². The maximum Gasteiger partial charge on any atom is 0.242 e. The lowest BCUT2D eigenvalue weighted by Gasteiger charge is -2.37. The molecule has 1 heterocycles. The number of nitrogens with two attached hydrogens (primary N) is 1. The minimum atomic E-state index is -0.106. The molecular weight excluding hydrogens is 262 g/mol. The molecule has 1 unspecified atom stereocenters. The van der Waals surface area contributed by atoms with Crippen molar-refractivity contribution in [3.8, 4) is 0 Å². The highest BCUT2D eigenvalue weighted by atomic mass is 35.5. The lowest BCUT2D eigenvalue weighted by molar-refractivity contribution is -0.122. The summed E-state index contributed by atoms with van der Waals surface area (Å²) < 4.78 is 0. The largest absolute Gasteiger partial charge is 0.359 e. The number of benzene rings is 1. The molecule has 1 aliphatic rings. The van der Waals surface area contributed by atoms with Crippen LogP contribution in [0.15, 0.2) is 18.2 Å². The monoisotopic (exact) mass is 281 g/mol. The Morgan fingerprint density at radius 2 is 2.32 bits per heavy atom. The van der Waals surface area contributed by atoms with E-state index in [0.29, 0.717) is 11.6 Å². The fourth-order valence-electron chi connectivity index (χ4n) is 2.66. The highest BCUT2D eigenvalue weighted by molar-refractivity contribution is 6.30. The van der Waals surface area contributed by atoms with Gasteiger partial charge in [-0.1, -0.05) is 11.6 Å². The molecule has 0 bridgehead atoms. The molecule has 2 rings (SSSR count). The van der Waals surface area contributed by atoms with Crippen molar-refractivity contribution in [2.24, 2.45) is 5.73 Å². The fraction of sp³-hybridized carbons (Fsp3) is 0.500. The Bertz CT molecular complexity index is 464. The predicted octanol–water partition coefficient (Wildman–Crippen LogP) is 1.90. The molecule has 1 fully saturated rings. The number of nitrogens with zero attached hydrogens (tertiary/aromatic N) is 1. The maximum atomic E-state index is 12.0. The van der Waals surface area contributed by atoms with Gasteiger partial charge in [0.15, 0.2) is 0 Å². The molecule has 4 nitrogen and oxygen atoms in total. The van der Waals surface area contributed by atoms with Crippen molar-refractivity contribution in [1.29, 1.82) is 0 Å². The van der Waals surface area contributed by atoms with Crippen molar-refractivity contribution in [1.82, 2.24) is 5.32 Å². The van der Waals surface area contributed by atoms with Gasteiger partial charge >= 0.3 is 0 Å². The summed E-state index contributed by atoms with van der Waals surface area (Å²) in [4.78, 5) is 14.2. The predicted molar refractivity (Wildman–Crippen MR) is 78.4 cm³/mol. The Hall–Kier alpha value is -1.26. The summed E-state index contributed by atoms with van der Waals surface area (Å²) in [6.45, 7) is 1.31. The third kappa shape index (κ3) is 3.01. The molecule has 0 aliphatic carbocycles. The first-order valence-corrected chi connectivity index (χ1v) is 7.02. The van der Waals surface area contributed by atoms with Gasteiger partial charge in [0.25, 0.3) is 0 Å². The van der Waals surface area contributed by atoms with Crippen molar-refractivity contribution in [3.63, 3.8) is 0 Å². The molecule has 0 spiro atoms. The summed E-state index contributed by atoms with van der Waals surface area (Å²) in [5.41, 5.74) is 7.81. The van der Waals surface area contributed by atoms with Crippen molar-refractivity contribution >= 4 is 23.2 Å². The maximum absolute atomic E-state index is 12.0. The number of amides is 1. The fourth-order valence-corrected chi connectivity index (χ4v) is 2.85. The number of hydrogen-bond acceptors (Lipinski definition) is 3. The zero-order chi connectivity index (χ0) is 13.8.